The number of nitrogens with zero attached hydrogens (tertiary/aromatic N) is 2. The molecule has 5 nitrogen and oxygen atoms in total. The molecule has 1 atom stereocenters. The molecule has 0 aromatic heterocycles. The summed E-state index contributed by atoms with van der Waals surface area (Å²) in [6.07, 6.45) is 0.671. The van der Waals surface area contributed by atoms with E-state index in [4.69, 9.17) is 0 Å². The van der Waals surface area contributed by atoms with E-state index in [1.165, 1.54) is 16.7 Å². The fourth-order valence-electron chi connectivity index (χ4n) is 2.91. The van der Waals surface area contributed by atoms with E-state index >= 15 is 0 Å². The standard InChI is InChI=1S/C22H21N3O2S/c1-15-8-10-18(11-9-15)25-21(27)16(2)28-22(25)19(14-23)20(26)24-13-12-17-6-4-3-5-7-17/h3-11,16H,12-13H2,1-2H3,(H,24,26)/b22-19-/t16-/m0/s1. The van der Waals surface area contributed by atoms with Gasteiger partial charge in [0.2, 0.25) is 5.91 Å². The van der Waals surface area contributed by atoms with E-state index in [2.05, 4.69) is 5.32 Å². The van der Waals surface area contributed by atoms with Crippen LogP contribution in [0.25, 0.3) is 0 Å². The van der Waals surface area contributed by atoms with Gasteiger partial charge in [0.25, 0.3) is 5.91 Å². The van der Waals surface area contributed by atoms with Crippen molar-refractivity contribution in [2.24, 2.45) is 0 Å². The smallest absolute Gasteiger partial charge is 0.264 e. The van der Waals surface area contributed by atoms with E-state index in [0.29, 0.717) is 23.7 Å². The molecule has 142 valence electrons. The van der Waals surface area contributed by atoms with Gasteiger partial charge in [-0.15, -0.1) is 0 Å². The van der Waals surface area contributed by atoms with Gasteiger partial charge in [-0.2, -0.15) is 5.26 Å². The first-order chi connectivity index (χ1) is 13.5. The van der Waals surface area contributed by atoms with Gasteiger partial charge < -0.3 is 5.32 Å². The molecular weight excluding hydrogens is 370 g/mol. The summed E-state index contributed by atoms with van der Waals surface area (Å²) in [5, 5.41) is 12.5. The number of hydrogen-bond donors (Lipinski definition) is 1. The minimum atomic E-state index is -0.458. The lowest BCUT2D eigenvalue weighted by molar-refractivity contribution is -0.117. The lowest BCUT2D eigenvalue weighted by atomic mass is 10.1. The Morgan fingerprint density at radius 3 is 2.50 bits per heavy atom. The van der Waals surface area contributed by atoms with Gasteiger partial charge in [-0.1, -0.05) is 59.8 Å². The van der Waals surface area contributed by atoms with Crippen molar-refractivity contribution < 1.29 is 9.59 Å². The maximum atomic E-state index is 12.7. The molecule has 0 saturated carbocycles. The topological polar surface area (TPSA) is 73.2 Å². The summed E-state index contributed by atoms with van der Waals surface area (Å²) in [5.74, 6) is -0.589. The summed E-state index contributed by atoms with van der Waals surface area (Å²) >= 11 is 1.24. The Labute approximate surface area is 169 Å². The van der Waals surface area contributed by atoms with E-state index in [-0.39, 0.29) is 16.7 Å². The van der Waals surface area contributed by atoms with Gasteiger partial charge in [0.05, 0.1) is 5.25 Å². The molecule has 1 saturated heterocycles. The van der Waals surface area contributed by atoms with Crippen LogP contribution in [0.2, 0.25) is 0 Å². The summed E-state index contributed by atoms with van der Waals surface area (Å²) < 4.78 is 0. The molecule has 1 fully saturated rings. The molecule has 2 amide bonds. The zero-order valence-electron chi connectivity index (χ0n) is 15.8. The van der Waals surface area contributed by atoms with E-state index < -0.39 is 5.91 Å². The fourth-order valence-corrected chi connectivity index (χ4v) is 4.01. The van der Waals surface area contributed by atoms with Crippen LogP contribution < -0.4 is 10.2 Å². The number of nitriles is 1. The number of rotatable bonds is 5. The lowest BCUT2D eigenvalue weighted by Gasteiger charge is -2.18. The van der Waals surface area contributed by atoms with Gasteiger partial charge in [0, 0.05) is 12.2 Å². The number of carbonyl (C=O) groups excluding carboxylic acids is 2. The average Bonchev–Trinajstić information content (AvgIpc) is 2.98. The van der Waals surface area contributed by atoms with Crippen molar-refractivity contribution >= 4 is 29.3 Å². The Morgan fingerprint density at radius 1 is 1.18 bits per heavy atom. The van der Waals surface area contributed by atoms with Gasteiger partial charge >= 0.3 is 0 Å². The third-order valence-corrected chi connectivity index (χ3v) is 5.61. The molecule has 0 unspecified atom stereocenters. The Balaban J connectivity index is 1.82. The van der Waals surface area contributed by atoms with Crippen LogP contribution in [0.3, 0.4) is 0 Å². The van der Waals surface area contributed by atoms with Crippen LogP contribution in [0.4, 0.5) is 5.69 Å². The zero-order valence-corrected chi connectivity index (χ0v) is 16.6. The quantitative estimate of drug-likeness (QED) is 0.625. The summed E-state index contributed by atoms with van der Waals surface area (Å²) in [7, 11) is 0. The first-order valence-electron chi connectivity index (χ1n) is 9.05. The molecule has 0 spiro atoms. The van der Waals surface area contributed by atoms with E-state index in [9.17, 15) is 14.9 Å². The summed E-state index contributed by atoms with van der Waals surface area (Å²) in [4.78, 5) is 26.8. The first kappa shape index (κ1) is 19.7. The number of anilines is 1. The summed E-state index contributed by atoms with van der Waals surface area (Å²) in [6.45, 7) is 4.16. The Kier molecular flexibility index (Phi) is 6.17. The minimum absolute atomic E-state index is 0.0312. The van der Waals surface area contributed by atoms with Crippen LogP contribution in [0.15, 0.2) is 65.2 Å². The molecule has 1 aliphatic rings. The second-order valence-corrected chi connectivity index (χ2v) is 7.88. The summed E-state index contributed by atoms with van der Waals surface area (Å²) in [5.41, 5.74) is 2.80. The van der Waals surface area contributed by atoms with Crippen molar-refractivity contribution in [3.8, 4) is 6.07 Å². The second kappa shape index (κ2) is 8.77. The number of thioether (sulfide) groups is 1. The molecule has 6 heteroatoms. The zero-order chi connectivity index (χ0) is 20.1. The molecule has 0 bridgehead atoms. The van der Waals surface area contributed by atoms with Crippen LogP contribution in [0, 0.1) is 18.3 Å². The number of hydrogen-bond acceptors (Lipinski definition) is 4. The molecule has 0 aliphatic carbocycles. The molecule has 28 heavy (non-hydrogen) atoms. The molecular formula is C22H21N3O2S. The van der Waals surface area contributed by atoms with Crippen LogP contribution in [-0.4, -0.2) is 23.6 Å². The number of carbonyl (C=O) groups is 2. The Bertz CT molecular complexity index is 946. The number of aryl methyl sites for hydroxylation is 1. The van der Waals surface area contributed by atoms with E-state index in [1.54, 1.807) is 6.92 Å². The van der Waals surface area contributed by atoms with Gasteiger partial charge in [0.1, 0.15) is 16.7 Å². The molecule has 2 aromatic rings. The monoisotopic (exact) mass is 391 g/mol. The predicted octanol–water partition coefficient (Wildman–Crippen LogP) is 3.56. The highest BCUT2D eigenvalue weighted by molar-refractivity contribution is 8.05. The third kappa shape index (κ3) is 4.26. The van der Waals surface area contributed by atoms with Crippen LogP contribution in [-0.2, 0) is 16.0 Å². The Hall–Kier alpha value is -3.04. The molecule has 1 N–H and O–H groups in total. The second-order valence-electron chi connectivity index (χ2n) is 6.55. The van der Waals surface area contributed by atoms with Crippen molar-refractivity contribution in [2.75, 3.05) is 11.4 Å². The molecule has 3 rings (SSSR count). The van der Waals surface area contributed by atoms with Crippen molar-refractivity contribution in [1.29, 1.82) is 5.26 Å². The lowest BCUT2D eigenvalue weighted by Crippen LogP contribution is -2.31. The van der Waals surface area contributed by atoms with Crippen molar-refractivity contribution in [1.82, 2.24) is 5.32 Å². The van der Waals surface area contributed by atoms with Gasteiger partial charge in [-0.05, 0) is 38.0 Å². The summed E-state index contributed by atoms with van der Waals surface area (Å²) in [6, 6.07) is 19.3. The Morgan fingerprint density at radius 2 is 1.86 bits per heavy atom. The molecule has 1 heterocycles. The molecule has 2 aromatic carbocycles. The molecule has 1 aliphatic heterocycles. The van der Waals surface area contributed by atoms with Crippen molar-refractivity contribution in [3.63, 3.8) is 0 Å². The SMILES string of the molecule is Cc1ccc(N2C(=O)[C@H](C)S/C2=C(/C#N)C(=O)NCCc2ccccc2)cc1. The average molecular weight is 391 g/mol. The van der Waals surface area contributed by atoms with Crippen LogP contribution in [0.5, 0.6) is 0 Å². The third-order valence-electron chi connectivity index (χ3n) is 4.45. The number of nitrogens with one attached hydrogen (secondary N) is 1. The van der Waals surface area contributed by atoms with E-state index in [1.807, 2.05) is 67.6 Å². The predicted molar refractivity (Wildman–Crippen MR) is 112 cm³/mol. The minimum Gasteiger partial charge on any atom is -0.351 e. The van der Waals surface area contributed by atoms with Crippen molar-refractivity contribution in [3.05, 3.63) is 76.3 Å². The largest absolute Gasteiger partial charge is 0.351 e. The number of benzene rings is 2. The van der Waals surface area contributed by atoms with Gasteiger partial charge in [-0.3, -0.25) is 14.5 Å². The van der Waals surface area contributed by atoms with Gasteiger partial charge in [-0.25, -0.2) is 0 Å². The normalized spacial score (nSPS) is 18.0. The first-order valence-corrected chi connectivity index (χ1v) is 9.93. The van der Waals surface area contributed by atoms with Crippen LogP contribution >= 0.6 is 11.8 Å². The van der Waals surface area contributed by atoms with Gasteiger partial charge in [0.15, 0.2) is 0 Å². The molecule has 0 radical (unpaired) electrons. The maximum Gasteiger partial charge on any atom is 0.264 e. The van der Waals surface area contributed by atoms with Crippen LogP contribution in [0.1, 0.15) is 18.1 Å². The fraction of sp³-hybridized carbons (Fsp3) is 0.227. The van der Waals surface area contributed by atoms with Crippen molar-refractivity contribution in [2.45, 2.75) is 25.5 Å². The number of amides is 2. The highest BCUT2D eigenvalue weighted by atomic mass is 32.2. The highest BCUT2D eigenvalue weighted by Crippen LogP contribution is 2.40. The maximum absolute atomic E-state index is 12.7. The van der Waals surface area contributed by atoms with E-state index in [0.717, 1.165) is 11.1 Å². The highest BCUT2D eigenvalue weighted by Gasteiger charge is 2.38.